The summed E-state index contributed by atoms with van der Waals surface area (Å²) in [6.07, 6.45) is 2.68. The molecule has 0 aromatic carbocycles. The SMILES string of the molecule is CNCCNC(=O)c1ncncc1Cl. The van der Waals surface area contributed by atoms with Gasteiger partial charge in [-0.15, -0.1) is 0 Å². The Bertz CT molecular complexity index is 318. The average Bonchev–Trinajstić information content (AvgIpc) is 2.18. The maximum atomic E-state index is 11.4. The van der Waals surface area contributed by atoms with Crippen LogP contribution < -0.4 is 10.6 Å². The molecule has 6 heteroatoms. The molecule has 1 amide bonds. The summed E-state index contributed by atoms with van der Waals surface area (Å²) in [6.45, 7) is 1.24. The maximum Gasteiger partial charge on any atom is 0.271 e. The Morgan fingerprint density at radius 3 is 3.00 bits per heavy atom. The van der Waals surface area contributed by atoms with Gasteiger partial charge in [0.2, 0.25) is 0 Å². The molecule has 0 radical (unpaired) electrons. The smallest absolute Gasteiger partial charge is 0.271 e. The second-order valence-corrected chi connectivity index (χ2v) is 2.99. The van der Waals surface area contributed by atoms with Crippen LogP contribution in [0.2, 0.25) is 5.02 Å². The zero-order valence-corrected chi connectivity index (χ0v) is 8.51. The second-order valence-electron chi connectivity index (χ2n) is 2.58. The topological polar surface area (TPSA) is 66.9 Å². The molecule has 76 valence electrons. The molecule has 14 heavy (non-hydrogen) atoms. The zero-order valence-electron chi connectivity index (χ0n) is 7.75. The first-order chi connectivity index (χ1) is 6.75. The van der Waals surface area contributed by atoms with E-state index in [1.54, 1.807) is 0 Å². The fraction of sp³-hybridized carbons (Fsp3) is 0.375. The highest BCUT2D eigenvalue weighted by molar-refractivity contribution is 6.33. The Labute approximate surface area is 86.9 Å². The van der Waals surface area contributed by atoms with Crippen molar-refractivity contribution in [2.24, 2.45) is 0 Å². The first kappa shape index (κ1) is 10.9. The summed E-state index contributed by atoms with van der Waals surface area (Å²) in [5, 5.41) is 5.83. The van der Waals surface area contributed by atoms with Crippen molar-refractivity contribution in [3.8, 4) is 0 Å². The minimum atomic E-state index is -0.285. The largest absolute Gasteiger partial charge is 0.349 e. The number of carbonyl (C=O) groups is 1. The van der Waals surface area contributed by atoms with E-state index in [0.717, 1.165) is 0 Å². The molecule has 1 rings (SSSR count). The Kier molecular flexibility index (Phi) is 4.28. The second kappa shape index (κ2) is 5.51. The Morgan fingerprint density at radius 2 is 2.36 bits per heavy atom. The van der Waals surface area contributed by atoms with Gasteiger partial charge in [-0.25, -0.2) is 9.97 Å². The van der Waals surface area contributed by atoms with Gasteiger partial charge in [-0.3, -0.25) is 4.79 Å². The van der Waals surface area contributed by atoms with Crippen molar-refractivity contribution in [2.75, 3.05) is 20.1 Å². The van der Waals surface area contributed by atoms with Crippen LogP contribution in [0, 0.1) is 0 Å². The van der Waals surface area contributed by atoms with E-state index in [0.29, 0.717) is 13.1 Å². The molecule has 0 saturated carbocycles. The number of carbonyl (C=O) groups excluding carboxylic acids is 1. The molecule has 0 aliphatic rings. The molecular weight excluding hydrogens is 204 g/mol. The van der Waals surface area contributed by atoms with Gasteiger partial charge in [-0.2, -0.15) is 0 Å². The van der Waals surface area contributed by atoms with Crippen LogP contribution in [0.25, 0.3) is 0 Å². The summed E-state index contributed by atoms with van der Waals surface area (Å²) < 4.78 is 0. The van der Waals surface area contributed by atoms with Crippen LogP contribution in [-0.4, -0.2) is 36.0 Å². The number of hydrogen-bond acceptors (Lipinski definition) is 4. The molecule has 0 bridgehead atoms. The minimum Gasteiger partial charge on any atom is -0.349 e. The number of rotatable bonds is 4. The molecular formula is C8H11ClN4O. The van der Waals surface area contributed by atoms with E-state index < -0.39 is 0 Å². The van der Waals surface area contributed by atoms with Gasteiger partial charge in [-0.05, 0) is 7.05 Å². The first-order valence-corrected chi connectivity index (χ1v) is 4.52. The number of nitrogens with one attached hydrogen (secondary N) is 2. The lowest BCUT2D eigenvalue weighted by molar-refractivity contribution is 0.0949. The van der Waals surface area contributed by atoms with Crippen molar-refractivity contribution in [3.63, 3.8) is 0 Å². The molecule has 0 aliphatic carbocycles. The van der Waals surface area contributed by atoms with E-state index in [-0.39, 0.29) is 16.6 Å². The van der Waals surface area contributed by atoms with Gasteiger partial charge in [-0.1, -0.05) is 11.6 Å². The summed E-state index contributed by atoms with van der Waals surface area (Å²) in [7, 11) is 1.81. The van der Waals surface area contributed by atoms with Crippen LogP contribution >= 0.6 is 11.6 Å². The third kappa shape index (κ3) is 2.93. The Balaban J connectivity index is 2.56. The molecule has 0 unspecified atom stereocenters. The van der Waals surface area contributed by atoms with Crippen LogP contribution in [0.15, 0.2) is 12.5 Å². The molecule has 0 saturated heterocycles. The fourth-order valence-electron chi connectivity index (χ4n) is 0.864. The summed E-state index contributed by atoms with van der Waals surface area (Å²) in [5.41, 5.74) is 0.206. The van der Waals surface area contributed by atoms with Gasteiger partial charge in [0.1, 0.15) is 12.0 Å². The lowest BCUT2D eigenvalue weighted by atomic mass is 10.4. The summed E-state index contributed by atoms with van der Waals surface area (Å²) in [5.74, 6) is -0.285. The normalized spacial score (nSPS) is 9.86. The van der Waals surface area contributed by atoms with Crippen LogP contribution in [0.5, 0.6) is 0 Å². The molecule has 0 aliphatic heterocycles. The summed E-state index contributed by atoms with van der Waals surface area (Å²) in [4.78, 5) is 18.9. The molecule has 1 heterocycles. The molecule has 1 aromatic rings. The quantitative estimate of drug-likeness (QED) is 0.697. The lowest BCUT2D eigenvalue weighted by Crippen LogP contribution is -2.31. The lowest BCUT2D eigenvalue weighted by Gasteiger charge is -2.04. The molecule has 0 spiro atoms. The summed E-state index contributed by atoms with van der Waals surface area (Å²) in [6, 6.07) is 0. The Hall–Kier alpha value is -1.20. The van der Waals surface area contributed by atoms with Crippen molar-refractivity contribution in [1.82, 2.24) is 20.6 Å². The highest BCUT2D eigenvalue weighted by atomic mass is 35.5. The van der Waals surface area contributed by atoms with E-state index in [2.05, 4.69) is 20.6 Å². The van der Waals surface area contributed by atoms with E-state index in [1.165, 1.54) is 12.5 Å². The van der Waals surface area contributed by atoms with Crippen LogP contribution in [-0.2, 0) is 0 Å². The van der Waals surface area contributed by atoms with E-state index in [9.17, 15) is 4.79 Å². The highest BCUT2D eigenvalue weighted by Gasteiger charge is 2.10. The van der Waals surface area contributed by atoms with E-state index in [1.807, 2.05) is 7.05 Å². The van der Waals surface area contributed by atoms with Crippen LogP contribution in [0.3, 0.4) is 0 Å². The monoisotopic (exact) mass is 214 g/mol. The number of nitrogens with zero attached hydrogens (tertiary/aromatic N) is 2. The van der Waals surface area contributed by atoms with Crippen molar-refractivity contribution >= 4 is 17.5 Å². The predicted octanol–water partition coefficient (Wildman–Crippen LogP) is 0.0792. The third-order valence-corrected chi connectivity index (χ3v) is 1.82. The van der Waals surface area contributed by atoms with Crippen molar-refractivity contribution in [2.45, 2.75) is 0 Å². The van der Waals surface area contributed by atoms with Crippen molar-refractivity contribution in [3.05, 3.63) is 23.2 Å². The van der Waals surface area contributed by atoms with E-state index in [4.69, 9.17) is 11.6 Å². The van der Waals surface area contributed by atoms with Gasteiger partial charge in [0.05, 0.1) is 5.02 Å². The number of halogens is 1. The van der Waals surface area contributed by atoms with Crippen molar-refractivity contribution in [1.29, 1.82) is 0 Å². The van der Waals surface area contributed by atoms with Gasteiger partial charge < -0.3 is 10.6 Å². The standard InChI is InChI=1S/C8H11ClN4O/c1-10-2-3-12-8(14)7-6(9)4-11-5-13-7/h4-5,10H,2-3H2,1H3,(H,12,14). The number of amides is 1. The number of hydrogen-bond donors (Lipinski definition) is 2. The zero-order chi connectivity index (χ0) is 10.4. The van der Waals surface area contributed by atoms with Gasteiger partial charge in [0.25, 0.3) is 5.91 Å². The van der Waals surface area contributed by atoms with Crippen LogP contribution in [0.4, 0.5) is 0 Å². The fourth-order valence-corrected chi connectivity index (χ4v) is 1.06. The van der Waals surface area contributed by atoms with Gasteiger partial charge in [0, 0.05) is 19.3 Å². The van der Waals surface area contributed by atoms with Crippen LogP contribution in [0.1, 0.15) is 10.5 Å². The van der Waals surface area contributed by atoms with Crippen molar-refractivity contribution < 1.29 is 4.79 Å². The highest BCUT2D eigenvalue weighted by Crippen LogP contribution is 2.09. The Morgan fingerprint density at radius 1 is 1.57 bits per heavy atom. The molecule has 0 atom stereocenters. The average molecular weight is 215 g/mol. The van der Waals surface area contributed by atoms with Gasteiger partial charge in [0.15, 0.2) is 0 Å². The third-order valence-electron chi connectivity index (χ3n) is 1.54. The predicted molar refractivity (Wildman–Crippen MR) is 53.3 cm³/mol. The molecule has 0 fully saturated rings. The number of aromatic nitrogens is 2. The molecule has 5 nitrogen and oxygen atoms in total. The molecule has 1 aromatic heterocycles. The number of likely N-dealkylation sites (N-methyl/N-ethyl adjacent to an activating group) is 1. The minimum absolute atomic E-state index is 0.206. The first-order valence-electron chi connectivity index (χ1n) is 4.14. The van der Waals surface area contributed by atoms with E-state index >= 15 is 0 Å². The van der Waals surface area contributed by atoms with Gasteiger partial charge >= 0.3 is 0 Å². The maximum absolute atomic E-state index is 11.4. The summed E-state index contributed by atoms with van der Waals surface area (Å²) >= 11 is 5.73. The molecule has 2 N–H and O–H groups in total.